The lowest BCUT2D eigenvalue weighted by Crippen LogP contribution is -1.91. The van der Waals surface area contributed by atoms with Crippen LogP contribution < -0.4 is 0 Å². The van der Waals surface area contributed by atoms with Crippen LogP contribution in [0.25, 0.3) is 0 Å². The lowest BCUT2D eigenvalue weighted by molar-refractivity contribution is 0.946. The van der Waals surface area contributed by atoms with E-state index in [0.717, 1.165) is 10.6 Å². The molecule has 0 aliphatic heterocycles. The van der Waals surface area contributed by atoms with E-state index < -0.39 is 0 Å². The molecule has 2 rings (SSSR count). The predicted molar refractivity (Wildman–Crippen MR) is 57.9 cm³/mol. The van der Waals surface area contributed by atoms with Crippen LogP contribution in [0.1, 0.15) is 5.56 Å². The van der Waals surface area contributed by atoms with Gasteiger partial charge < -0.3 is 0 Å². The summed E-state index contributed by atoms with van der Waals surface area (Å²) >= 11 is 7.08. The standard InChI is InChI=1S/C9H7ClN4S/c1-6-5-13-8(10)14-7(6)15-9-11-3-2-4-12-9/h2-5H,1H3. The molecule has 6 heteroatoms. The highest BCUT2D eigenvalue weighted by molar-refractivity contribution is 7.99. The average molecular weight is 239 g/mol. The van der Waals surface area contributed by atoms with Gasteiger partial charge in [-0.1, -0.05) is 0 Å². The molecule has 15 heavy (non-hydrogen) atoms. The van der Waals surface area contributed by atoms with Crippen molar-refractivity contribution in [2.45, 2.75) is 17.1 Å². The van der Waals surface area contributed by atoms with Gasteiger partial charge in [-0.3, -0.25) is 0 Å². The van der Waals surface area contributed by atoms with E-state index in [9.17, 15) is 0 Å². The summed E-state index contributed by atoms with van der Waals surface area (Å²) < 4.78 is 0. The molecule has 2 aromatic rings. The second-order valence-electron chi connectivity index (χ2n) is 2.76. The Bertz CT molecular complexity index is 463. The highest BCUT2D eigenvalue weighted by Crippen LogP contribution is 2.25. The van der Waals surface area contributed by atoms with E-state index in [1.54, 1.807) is 24.7 Å². The van der Waals surface area contributed by atoms with Gasteiger partial charge in [-0.15, -0.1) is 0 Å². The lowest BCUT2D eigenvalue weighted by atomic mass is 10.4. The first kappa shape index (κ1) is 10.3. The Kier molecular flexibility index (Phi) is 3.13. The summed E-state index contributed by atoms with van der Waals surface area (Å²) in [6.07, 6.45) is 5.06. The van der Waals surface area contributed by atoms with Crippen molar-refractivity contribution in [2.75, 3.05) is 0 Å². The van der Waals surface area contributed by atoms with E-state index in [1.165, 1.54) is 11.8 Å². The molecule has 4 nitrogen and oxygen atoms in total. The number of halogens is 1. The van der Waals surface area contributed by atoms with Crippen molar-refractivity contribution in [3.63, 3.8) is 0 Å². The van der Waals surface area contributed by atoms with Crippen LogP contribution in [0.4, 0.5) is 0 Å². The molecular formula is C9H7ClN4S. The van der Waals surface area contributed by atoms with Gasteiger partial charge in [0.2, 0.25) is 5.28 Å². The van der Waals surface area contributed by atoms with Gasteiger partial charge in [0.1, 0.15) is 5.03 Å². The summed E-state index contributed by atoms with van der Waals surface area (Å²) in [5, 5.41) is 1.66. The molecule has 2 aromatic heterocycles. The third kappa shape index (κ3) is 2.64. The molecule has 0 aliphatic carbocycles. The molecule has 0 aliphatic rings. The highest BCUT2D eigenvalue weighted by atomic mass is 35.5. The fourth-order valence-electron chi connectivity index (χ4n) is 0.934. The van der Waals surface area contributed by atoms with Crippen molar-refractivity contribution < 1.29 is 0 Å². The number of nitrogens with zero attached hydrogens (tertiary/aromatic N) is 4. The molecule has 76 valence electrons. The van der Waals surface area contributed by atoms with E-state index >= 15 is 0 Å². The van der Waals surface area contributed by atoms with Crippen molar-refractivity contribution in [2.24, 2.45) is 0 Å². The number of aryl methyl sites for hydroxylation is 1. The normalized spacial score (nSPS) is 10.3. The van der Waals surface area contributed by atoms with Crippen LogP contribution in [0.3, 0.4) is 0 Å². The maximum absolute atomic E-state index is 5.71. The quantitative estimate of drug-likeness (QED) is 0.594. The van der Waals surface area contributed by atoms with Gasteiger partial charge in [-0.2, -0.15) is 0 Å². The first-order valence-electron chi connectivity index (χ1n) is 4.20. The van der Waals surface area contributed by atoms with Gasteiger partial charge in [-0.05, 0) is 36.4 Å². The monoisotopic (exact) mass is 238 g/mol. The van der Waals surface area contributed by atoms with Gasteiger partial charge in [0.05, 0.1) is 0 Å². The van der Waals surface area contributed by atoms with Crippen molar-refractivity contribution >= 4 is 23.4 Å². The average Bonchev–Trinajstić information content (AvgIpc) is 2.25. The smallest absolute Gasteiger partial charge is 0.223 e. The molecule has 0 radical (unpaired) electrons. The topological polar surface area (TPSA) is 51.6 Å². The van der Waals surface area contributed by atoms with Crippen molar-refractivity contribution in [1.29, 1.82) is 0 Å². The first-order chi connectivity index (χ1) is 7.25. The SMILES string of the molecule is Cc1cnc(Cl)nc1Sc1ncccn1. The van der Waals surface area contributed by atoms with Crippen molar-refractivity contribution in [1.82, 2.24) is 19.9 Å². The van der Waals surface area contributed by atoms with E-state index in [0.29, 0.717) is 5.16 Å². The van der Waals surface area contributed by atoms with Crippen LogP contribution in [0.15, 0.2) is 34.8 Å². The molecule has 0 saturated heterocycles. The molecular weight excluding hydrogens is 232 g/mol. The van der Waals surface area contributed by atoms with Crippen molar-refractivity contribution in [3.05, 3.63) is 35.5 Å². The van der Waals surface area contributed by atoms with E-state index in [2.05, 4.69) is 19.9 Å². The van der Waals surface area contributed by atoms with Crippen LogP contribution >= 0.6 is 23.4 Å². The maximum atomic E-state index is 5.71. The Morgan fingerprint density at radius 2 is 1.93 bits per heavy atom. The molecule has 0 unspecified atom stereocenters. The summed E-state index contributed by atoms with van der Waals surface area (Å²) in [7, 11) is 0. The number of hydrogen-bond donors (Lipinski definition) is 0. The summed E-state index contributed by atoms with van der Waals surface area (Å²) in [5.41, 5.74) is 0.955. The van der Waals surface area contributed by atoms with Gasteiger partial charge >= 0.3 is 0 Å². The number of hydrogen-bond acceptors (Lipinski definition) is 5. The van der Waals surface area contributed by atoms with E-state index in [4.69, 9.17) is 11.6 Å². The molecule has 0 spiro atoms. The van der Waals surface area contributed by atoms with Crippen LogP contribution in [0.2, 0.25) is 5.28 Å². The first-order valence-corrected chi connectivity index (χ1v) is 5.39. The molecule has 0 atom stereocenters. The lowest BCUT2D eigenvalue weighted by Gasteiger charge is -2.02. The molecule has 0 amide bonds. The molecule has 2 heterocycles. The molecule has 0 N–H and O–H groups in total. The van der Waals surface area contributed by atoms with Crippen LogP contribution in [-0.2, 0) is 0 Å². The molecule has 0 fully saturated rings. The Hall–Kier alpha value is -1.20. The maximum Gasteiger partial charge on any atom is 0.223 e. The van der Waals surface area contributed by atoms with E-state index in [-0.39, 0.29) is 5.28 Å². The minimum Gasteiger partial charge on any atom is -0.231 e. The Balaban J connectivity index is 2.28. The Labute approximate surface area is 96.2 Å². The summed E-state index contributed by atoms with van der Waals surface area (Å²) in [6.45, 7) is 1.92. The van der Waals surface area contributed by atoms with Gasteiger partial charge in [0, 0.05) is 24.2 Å². The van der Waals surface area contributed by atoms with Crippen LogP contribution in [-0.4, -0.2) is 19.9 Å². The minimum atomic E-state index is 0.235. The Morgan fingerprint density at radius 3 is 2.67 bits per heavy atom. The number of aromatic nitrogens is 4. The van der Waals surface area contributed by atoms with Crippen LogP contribution in [0, 0.1) is 6.92 Å². The van der Waals surface area contributed by atoms with Crippen molar-refractivity contribution in [3.8, 4) is 0 Å². The fraction of sp³-hybridized carbons (Fsp3) is 0.111. The third-order valence-corrected chi connectivity index (χ3v) is 2.81. The number of rotatable bonds is 2. The Morgan fingerprint density at radius 1 is 1.20 bits per heavy atom. The molecule has 0 saturated carbocycles. The predicted octanol–water partition coefficient (Wildman–Crippen LogP) is 2.38. The third-order valence-electron chi connectivity index (χ3n) is 1.63. The summed E-state index contributed by atoms with van der Waals surface area (Å²) in [4.78, 5) is 16.2. The van der Waals surface area contributed by atoms with Gasteiger partial charge in [0.15, 0.2) is 5.16 Å². The highest BCUT2D eigenvalue weighted by Gasteiger charge is 2.06. The fourth-order valence-corrected chi connectivity index (χ4v) is 1.86. The zero-order valence-corrected chi connectivity index (χ0v) is 9.46. The second-order valence-corrected chi connectivity index (χ2v) is 4.05. The summed E-state index contributed by atoms with van der Waals surface area (Å²) in [6, 6.07) is 1.77. The van der Waals surface area contributed by atoms with Gasteiger partial charge in [-0.25, -0.2) is 19.9 Å². The summed E-state index contributed by atoms with van der Waals surface area (Å²) in [5.74, 6) is 0. The largest absolute Gasteiger partial charge is 0.231 e. The zero-order chi connectivity index (χ0) is 10.7. The molecule has 0 bridgehead atoms. The molecule has 0 aromatic carbocycles. The second kappa shape index (κ2) is 4.55. The van der Waals surface area contributed by atoms with Gasteiger partial charge in [0.25, 0.3) is 0 Å². The van der Waals surface area contributed by atoms with Crippen LogP contribution in [0.5, 0.6) is 0 Å². The van der Waals surface area contributed by atoms with E-state index in [1.807, 2.05) is 6.92 Å². The minimum absolute atomic E-state index is 0.235. The zero-order valence-electron chi connectivity index (χ0n) is 7.88.